The fourth-order valence-corrected chi connectivity index (χ4v) is 4.08. The molecule has 1 amide bonds. The van der Waals surface area contributed by atoms with Crippen LogP contribution in [0.3, 0.4) is 0 Å². The summed E-state index contributed by atoms with van der Waals surface area (Å²) in [7, 11) is 0. The lowest BCUT2D eigenvalue weighted by atomic mass is 10.3. The van der Waals surface area contributed by atoms with Gasteiger partial charge in [-0.3, -0.25) is 14.6 Å². The molecule has 1 fully saturated rings. The van der Waals surface area contributed by atoms with E-state index in [0.717, 1.165) is 45.8 Å². The molecule has 0 saturated carbocycles. The summed E-state index contributed by atoms with van der Waals surface area (Å²) in [5.41, 5.74) is 0. The van der Waals surface area contributed by atoms with Crippen LogP contribution in [-0.4, -0.2) is 66.4 Å². The van der Waals surface area contributed by atoms with Crippen molar-refractivity contribution in [1.29, 1.82) is 0 Å². The highest BCUT2D eigenvalue weighted by atomic mass is 79.9. The minimum absolute atomic E-state index is 0.275. The molecular weight excluding hydrogens is 350 g/mol. The fourth-order valence-electron chi connectivity index (χ4n) is 2.55. The molecular formula is C15H24BrN3OS. The van der Waals surface area contributed by atoms with E-state index in [2.05, 4.69) is 51.7 Å². The Morgan fingerprint density at radius 2 is 1.90 bits per heavy atom. The molecule has 2 rings (SSSR count). The normalized spacial score (nSPS) is 16.7. The molecule has 1 aromatic heterocycles. The van der Waals surface area contributed by atoms with Crippen LogP contribution in [0.4, 0.5) is 0 Å². The Morgan fingerprint density at radius 3 is 2.43 bits per heavy atom. The number of nitrogens with zero attached hydrogens (tertiary/aromatic N) is 3. The first-order chi connectivity index (χ1) is 10.1. The summed E-state index contributed by atoms with van der Waals surface area (Å²) < 4.78 is 1.19. The number of likely N-dealkylation sites (N-methyl/N-ethyl adjacent to an activating group) is 1. The van der Waals surface area contributed by atoms with Crippen molar-refractivity contribution in [2.24, 2.45) is 0 Å². The van der Waals surface area contributed by atoms with Crippen LogP contribution in [0.25, 0.3) is 0 Å². The van der Waals surface area contributed by atoms with Gasteiger partial charge < -0.3 is 4.90 Å². The predicted molar refractivity (Wildman–Crippen MR) is 91.7 cm³/mol. The monoisotopic (exact) mass is 373 g/mol. The van der Waals surface area contributed by atoms with E-state index in [1.807, 2.05) is 4.90 Å². The van der Waals surface area contributed by atoms with Crippen LogP contribution < -0.4 is 0 Å². The fraction of sp³-hybridized carbons (Fsp3) is 0.667. The van der Waals surface area contributed by atoms with Crippen LogP contribution >= 0.6 is 27.3 Å². The van der Waals surface area contributed by atoms with E-state index in [4.69, 9.17) is 0 Å². The Hall–Kier alpha value is -0.430. The van der Waals surface area contributed by atoms with E-state index in [-0.39, 0.29) is 5.91 Å². The molecule has 0 spiro atoms. The quantitative estimate of drug-likeness (QED) is 0.766. The first kappa shape index (κ1) is 16.9. The van der Waals surface area contributed by atoms with Gasteiger partial charge in [0.2, 0.25) is 5.91 Å². The molecule has 0 aliphatic carbocycles. The van der Waals surface area contributed by atoms with Crippen molar-refractivity contribution in [2.45, 2.75) is 20.4 Å². The molecule has 1 aliphatic heterocycles. The Bertz CT molecular complexity index is 454. The number of piperazine rings is 1. The molecule has 6 heteroatoms. The lowest BCUT2D eigenvalue weighted by Gasteiger charge is -2.35. The van der Waals surface area contributed by atoms with Crippen molar-refractivity contribution >= 4 is 33.2 Å². The standard InChI is InChI=1S/C15H24BrN3OS/c1-3-17(4-2)12-15(20)19-9-7-18(8-10-19)11-13-5-6-14(16)21-13/h5-6H,3-4,7-12H2,1-2H3. The largest absolute Gasteiger partial charge is 0.339 e. The van der Waals surface area contributed by atoms with Crippen molar-refractivity contribution in [3.05, 3.63) is 20.8 Å². The molecule has 1 aromatic rings. The molecule has 4 nitrogen and oxygen atoms in total. The van der Waals surface area contributed by atoms with Crippen molar-refractivity contribution in [1.82, 2.24) is 14.7 Å². The summed E-state index contributed by atoms with van der Waals surface area (Å²) in [5, 5.41) is 0. The Balaban J connectivity index is 1.76. The molecule has 0 bridgehead atoms. The van der Waals surface area contributed by atoms with Gasteiger partial charge in [-0.15, -0.1) is 11.3 Å². The molecule has 0 radical (unpaired) electrons. The summed E-state index contributed by atoms with van der Waals surface area (Å²) in [5.74, 6) is 0.275. The van der Waals surface area contributed by atoms with Gasteiger partial charge in [0, 0.05) is 37.6 Å². The number of carbonyl (C=O) groups is 1. The third kappa shape index (κ3) is 5.06. The molecule has 1 saturated heterocycles. The van der Waals surface area contributed by atoms with Crippen molar-refractivity contribution in [2.75, 3.05) is 45.8 Å². The van der Waals surface area contributed by atoms with E-state index in [0.29, 0.717) is 6.54 Å². The highest BCUT2D eigenvalue weighted by Gasteiger charge is 2.22. The van der Waals surface area contributed by atoms with Gasteiger partial charge in [-0.25, -0.2) is 0 Å². The number of amides is 1. The summed E-state index contributed by atoms with van der Waals surface area (Å²) in [6.45, 7) is 11.3. The number of thiophene rings is 1. The predicted octanol–water partition coefficient (Wildman–Crippen LogP) is 2.50. The first-order valence-electron chi connectivity index (χ1n) is 7.59. The van der Waals surface area contributed by atoms with Crippen molar-refractivity contribution in [3.63, 3.8) is 0 Å². The average molecular weight is 374 g/mol. The molecule has 1 aliphatic rings. The van der Waals surface area contributed by atoms with Crippen molar-refractivity contribution < 1.29 is 4.79 Å². The van der Waals surface area contributed by atoms with E-state index in [1.165, 1.54) is 8.66 Å². The van der Waals surface area contributed by atoms with Crippen molar-refractivity contribution in [3.8, 4) is 0 Å². The van der Waals surface area contributed by atoms with Gasteiger partial charge in [0.1, 0.15) is 0 Å². The maximum Gasteiger partial charge on any atom is 0.236 e. The minimum Gasteiger partial charge on any atom is -0.339 e. The molecule has 0 unspecified atom stereocenters. The molecule has 0 N–H and O–H groups in total. The maximum atomic E-state index is 12.3. The molecule has 118 valence electrons. The van der Waals surface area contributed by atoms with Crippen LogP contribution in [0.1, 0.15) is 18.7 Å². The lowest BCUT2D eigenvalue weighted by molar-refractivity contribution is -0.134. The van der Waals surface area contributed by atoms with Crippen LogP contribution in [0.15, 0.2) is 15.9 Å². The third-order valence-corrected chi connectivity index (χ3v) is 5.59. The second-order valence-corrected chi connectivity index (χ2v) is 7.87. The van der Waals surface area contributed by atoms with E-state index in [9.17, 15) is 4.79 Å². The number of hydrogen-bond acceptors (Lipinski definition) is 4. The number of hydrogen-bond donors (Lipinski definition) is 0. The van der Waals surface area contributed by atoms with Gasteiger partial charge in [-0.1, -0.05) is 13.8 Å². The van der Waals surface area contributed by atoms with Gasteiger partial charge in [0.05, 0.1) is 10.3 Å². The molecule has 0 atom stereocenters. The summed E-state index contributed by atoms with van der Waals surface area (Å²) >= 11 is 5.30. The summed E-state index contributed by atoms with van der Waals surface area (Å²) in [6, 6.07) is 4.27. The number of rotatable bonds is 6. The Labute approximate surface area is 139 Å². The van der Waals surface area contributed by atoms with Gasteiger partial charge >= 0.3 is 0 Å². The lowest BCUT2D eigenvalue weighted by Crippen LogP contribution is -2.50. The zero-order valence-corrected chi connectivity index (χ0v) is 15.3. The molecule has 2 heterocycles. The van der Waals surface area contributed by atoms with Crippen LogP contribution in [0.2, 0.25) is 0 Å². The minimum atomic E-state index is 0.275. The Kier molecular flexibility index (Phi) is 6.67. The van der Waals surface area contributed by atoms with Crippen LogP contribution in [0, 0.1) is 0 Å². The van der Waals surface area contributed by atoms with E-state index < -0.39 is 0 Å². The van der Waals surface area contributed by atoms with E-state index in [1.54, 1.807) is 11.3 Å². The summed E-state index contributed by atoms with van der Waals surface area (Å²) in [6.07, 6.45) is 0. The smallest absolute Gasteiger partial charge is 0.236 e. The number of halogens is 1. The first-order valence-corrected chi connectivity index (χ1v) is 9.20. The third-order valence-electron chi connectivity index (χ3n) is 3.99. The van der Waals surface area contributed by atoms with Gasteiger partial charge in [0.15, 0.2) is 0 Å². The second-order valence-electron chi connectivity index (χ2n) is 5.32. The zero-order valence-electron chi connectivity index (χ0n) is 12.8. The van der Waals surface area contributed by atoms with Crippen LogP contribution in [0.5, 0.6) is 0 Å². The van der Waals surface area contributed by atoms with Gasteiger partial charge in [0.25, 0.3) is 0 Å². The van der Waals surface area contributed by atoms with Crippen LogP contribution in [-0.2, 0) is 11.3 Å². The average Bonchev–Trinajstić information content (AvgIpc) is 2.90. The highest BCUT2D eigenvalue weighted by molar-refractivity contribution is 9.11. The zero-order chi connectivity index (χ0) is 15.2. The topological polar surface area (TPSA) is 26.8 Å². The highest BCUT2D eigenvalue weighted by Crippen LogP contribution is 2.23. The van der Waals surface area contributed by atoms with Gasteiger partial charge in [-0.05, 0) is 41.2 Å². The van der Waals surface area contributed by atoms with E-state index >= 15 is 0 Å². The SMILES string of the molecule is CCN(CC)CC(=O)N1CCN(Cc2ccc(Br)s2)CC1. The van der Waals surface area contributed by atoms with Gasteiger partial charge in [-0.2, -0.15) is 0 Å². The summed E-state index contributed by atoms with van der Waals surface area (Å²) in [4.78, 5) is 20.3. The second kappa shape index (κ2) is 8.27. The number of carbonyl (C=O) groups excluding carboxylic acids is 1. The Morgan fingerprint density at radius 1 is 1.24 bits per heavy atom. The maximum absolute atomic E-state index is 12.3. The molecule has 0 aromatic carbocycles. The molecule has 21 heavy (non-hydrogen) atoms.